The average Bonchev–Trinajstić information content (AvgIpc) is 3.50. The number of alkyl halides is 3. The molecule has 0 saturated heterocycles. The Morgan fingerprint density at radius 2 is 1.71 bits per heavy atom. The van der Waals surface area contributed by atoms with Crippen LogP contribution < -0.4 is 9.47 Å². The lowest BCUT2D eigenvalue weighted by atomic mass is 9.98. The first kappa shape index (κ1) is 30.0. The van der Waals surface area contributed by atoms with Crippen LogP contribution in [0.4, 0.5) is 17.6 Å². The molecular weight excluding hydrogens is 616 g/mol. The van der Waals surface area contributed by atoms with Crippen LogP contribution in [-0.2, 0) is 17.6 Å². The molecule has 6 aromatic rings. The number of hydrogen-bond acceptors (Lipinski definition) is 5. The zero-order valence-electron chi connectivity index (χ0n) is 23.4. The first-order valence-electron chi connectivity index (χ1n) is 13.6. The van der Waals surface area contributed by atoms with Gasteiger partial charge in [-0.05, 0) is 84.6 Å². The van der Waals surface area contributed by atoms with Gasteiger partial charge in [0, 0.05) is 28.6 Å². The number of carboxylic acids is 1. The Morgan fingerprint density at radius 1 is 0.978 bits per heavy atom. The normalized spacial score (nSPS) is 12.5. The first-order valence-corrected chi connectivity index (χ1v) is 14.0. The fourth-order valence-electron chi connectivity index (χ4n) is 5.36. The molecule has 7 nitrogen and oxygen atoms in total. The smallest absolute Gasteiger partial charge is 0.478 e. The van der Waals surface area contributed by atoms with E-state index in [2.05, 4.69) is 9.89 Å². The molecule has 6 rings (SSSR count). The second kappa shape index (κ2) is 11.8. The fourth-order valence-corrected chi connectivity index (χ4v) is 5.52. The van der Waals surface area contributed by atoms with E-state index in [0.717, 1.165) is 5.56 Å². The fraction of sp³-hybridized carbons (Fsp3) is 0.152. The summed E-state index contributed by atoms with van der Waals surface area (Å²) in [7, 11) is 0. The Labute approximate surface area is 258 Å². The number of rotatable bonds is 9. The summed E-state index contributed by atoms with van der Waals surface area (Å²) >= 11 is 6.12. The summed E-state index contributed by atoms with van der Waals surface area (Å²) in [6, 6.07) is 21.4. The lowest BCUT2D eigenvalue weighted by Gasteiger charge is -2.16. The largest absolute Gasteiger partial charge is 0.573 e. The van der Waals surface area contributed by atoms with Gasteiger partial charge in [0.25, 0.3) is 0 Å². The molecule has 0 fully saturated rings. The van der Waals surface area contributed by atoms with Gasteiger partial charge in [-0.2, -0.15) is 0 Å². The molecule has 230 valence electrons. The Balaban J connectivity index is 1.38. The summed E-state index contributed by atoms with van der Waals surface area (Å²) in [6.45, 7) is 1.83. The number of benzene rings is 4. The van der Waals surface area contributed by atoms with E-state index >= 15 is 0 Å². The molecule has 1 N–H and O–H groups in total. The number of fused-ring (bicyclic) bond motifs is 2. The van der Waals surface area contributed by atoms with Crippen molar-refractivity contribution >= 4 is 39.4 Å². The van der Waals surface area contributed by atoms with Gasteiger partial charge in [0.1, 0.15) is 17.3 Å². The molecule has 0 aliphatic carbocycles. The van der Waals surface area contributed by atoms with Gasteiger partial charge in [-0.25, -0.2) is 9.18 Å². The molecule has 1 unspecified atom stereocenters. The third-order valence-electron chi connectivity index (χ3n) is 7.33. The predicted octanol–water partition coefficient (Wildman–Crippen LogP) is 8.44. The van der Waals surface area contributed by atoms with Gasteiger partial charge >= 0.3 is 12.3 Å². The molecule has 0 amide bonds. The SMILES string of the molecule is Cc1c(Cc2cccc(CC(Oc3ccc(F)cc3)C(=O)O)c2)c2cc(OC(F)(F)F)ccc2n1-c1noc2cc(Cl)ccc12. The minimum atomic E-state index is -4.88. The molecular formula is C33H23ClF4N2O5. The number of aliphatic carboxylic acids is 1. The van der Waals surface area contributed by atoms with Crippen LogP contribution in [0.5, 0.6) is 11.5 Å². The molecule has 0 radical (unpaired) electrons. The van der Waals surface area contributed by atoms with E-state index in [9.17, 15) is 27.5 Å². The second-order valence-electron chi connectivity index (χ2n) is 10.4. The number of carbonyl (C=O) groups is 1. The van der Waals surface area contributed by atoms with Gasteiger partial charge in [0.2, 0.25) is 0 Å². The number of aromatic nitrogens is 2. The Bertz CT molecular complexity index is 2040. The number of ether oxygens (including phenoxy) is 2. The summed E-state index contributed by atoms with van der Waals surface area (Å²) in [5.74, 6) is -1.39. The van der Waals surface area contributed by atoms with Gasteiger partial charge in [0.05, 0.1) is 10.9 Å². The van der Waals surface area contributed by atoms with E-state index in [-0.39, 0.29) is 24.3 Å². The highest BCUT2D eigenvalue weighted by atomic mass is 35.5. The van der Waals surface area contributed by atoms with Crippen molar-refractivity contribution in [2.75, 3.05) is 0 Å². The molecule has 4 aromatic carbocycles. The standard InChI is InChI=1S/C33H23ClF4N2O5/c1-18-26(14-19-3-2-4-20(13-19)15-30(32(41)42)43-23-8-6-22(35)7-9-23)27-17-24(44-33(36,37)38)10-12-28(27)40(18)31-25-11-5-21(34)16-29(25)45-39-31/h2-13,16-17,30H,14-15H2,1H3,(H,41,42). The minimum Gasteiger partial charge on any atom is -0.478 e. The van der Waals surface area contributed by atoms with Crippen molar-refractivity contribution in [3.63, 3.8) is 0 Å². The maximum Gasteiger partial charge on any atom is 0.573 e. The minimum absolute atomic E-state index is 0.0123. The maximum atomic E-state index is 13.3. The zero-order chi connectivity index (χ0) is 31.9. The van der Waals surface area contributed by atoms with Crippen molar-refractivity contribution in [2.45, 2.75) is 32.2 Å². The van der Waals surface area contributed by atoms with Crippen LogP contribution in [0.3, 0.4) is 0 Å². The lowest BCUT2D eigenvalue weighted by molar-refractivity contribution is -0.274. The predicted molar refractivity (Wildman–Crippen MR) is 159 cm³/mol. The summed E-state index contributed by atoms with van der Waals surface area (Å²) in [4.78, 5) is 12.0. The Morgan fingerprint density at radius 3 is 2.44 bits per heavy atom. The Kier molecular flexibility index (Phi) is 7.88. The lowest BCUT2D eigenvalue weighted by Crippen LogP contribution is -2.29. The molecule has 2 heterocycles. The van der Waals surface area contributed by atoms with Crippen molar-refractivity contribution in [3.05, 3.63) is 118 Å². The molecule has 0 aliphatic rings. The third-order valence-corrected chi connectivity index (χ3v) is 7.56. The van der Waals surface area contributed by atoms with Crippen LogP contribution >= 0.6 is 11.6 Å². The number of halogens is 5. The van der Waals surface area contributed by atoms with Crippen LogP contribution in [-0.4, -0.2) is 33.3 Å². The van der Waals surface area contributed by atoms with Crippen LogP contribution in [0, 0.1) is 12.7 Å². The number of nitrogens with zero attached hydrogens (tertiary/aromatic N) is 2. The zero-order valence-corrected chi connectivity index (χ0v) is 24.2. The van der Waals surface area contributed by atoms with Gasteiger partial charge < -0.3 is 19.1 Å². The summed E-state index contributed by atoms with van der Waals surface area (Å²) in [6.07, 6.45) is -5.82. The summed E-state index contributed by atoms with van der Waals surface area (Å²) < 4.78 is 69.9. The molecule has 45 heavy (non-hydrogen) atoms. The van der Waals surface area contributed by atoms with Crippen molar-refractivity contribution in [1.29, 1.82) is 0 Å². The van der Waals surface area contributed by atoms with Gasteiger partial charge in [-0.1, -0.05) is 41.0 Å². The third kappa shape index (κ3) is 6.44. The van der Waals surface area contributed by atoms with E-state index in [1.54, 1.807) is 30.3 Å². The van der Waals surface area contributed by atoms with Crippen LogP contribution in [0.2, 0.25) is 5.02 Å². The Hall–Kier alpha value is -5.03. The van der Waals surface area contributed by atoms with Crippen molar-refractivity contribution in [1.82, 2.24) is 9.72 Å². The second-order valence-corrected chi connectivity index (χ2v) is 10.8. The molecule has 0 spiro atoms. The van der Waals surface area contributed by atoms with Crippen LogP contribution in [0.15, 0.2) is 89.5 Å². The molecule has 12 heteroatoms. The van der Waals surface area contributed by atoms with Gasteiger partial charge in [-0.15, -0.1) is 13.2 Å². The molecule has 0 saturated carbocycles. The van der Waals surface area contributed by atoms with Crippen molar-refractivity contribution < 1.29 is 41.5 Å². The van der Waals surface area contributed by atoms with E-state index in [1.807, 2.05) is 23.6 Å². The summed E-state index contributed by atoms with van der Waals surface area (Å²) in [5, 5.41) is 15.7. The van der Waals surface area contributed by atoms with E-state index in [0.29, 0.717) is 49.5 Å². The average molecular weight is 639 g/mol. The number of hydrogen-bond donors (Lipinski definition) is 1. The van der Waals surface area contributed by atoms with Crippen LogP contribution in [0.1, 0.15) is 22.4 Å². The molecule has 2 aromatic heterocycles. The summed E-state index contributed by atoms with van der Waals surface area (Å²) in [5.41, 5.74) is 3.87. The van der Waals surface area contributed by atoms with Crippen LogP contribution in [0.25, 0.3) is 27.7 Å². The van der Waals surface area contributed by atoms with Crippen molar-refractivity contribution in [2.24, 2.45) is 0 Å². The van der Waals surface area contributed by atoms with E-state index in [4.69, 9.17) is 20.9 Å². The molecule has 0 aliphatic heterocycles. The van der Waals surface area contributed by atoms with E-state index in [1.165, 1.54) is 42.5 Å². The first-order chi connectivity index (χ1) is 21.4. The highest BCUT2D eigenvalue weighted by molar-refractivity contribution is 6.31. The molecule has 0 bridgehead atoms. The van der Waals surface area contributed by atoms with Gasteiger partial charge in [0.15, 0.2) is 17.5 Å². The van der Waals surface area contributed by atoms with Crippen molar-refractivity contribution in [3.8, 4) is 17.3 Å². The topological polar surface area (TPSA) is 86.7 Å². The van der Waals surface area contributed by atoms with E-state index < -0.39 is 24.3 Å². The monoisotopic (exact) mass is 638 g/mol. The van der Waals surface area contributed by atoms with Gasteiger partial charge in [-0.3, -0.25) is 4.57 Å². The highest BCUT2D eigenvalue weighted by Crippen LogP contribution is 2.37. The number of carboxylic acid groups (broad SMARTS) is 1. The highest BCUT2D eigenvalue weighted by Gasteiger charge is 2.32. The maximum absolute atomic E-state index is 13.3. The molecule has 1 atom stereocenters. The quantitative estimate of drug-likeness (QED) is 0.160.